The molecule has 0 amide bonds. The third kappa shape index (κ3) is 1.86. The van der Waals surface area contributed by atoms with Crippen molar-refractivity contribution in [1.82, 2.24) is 15.5 Å². The van der Waals surface area contributed by atoms with Gasteiger partial charge in [-0.05, 0) is 31.5 Å². The minimum atomic E-state index is 0.243. The van der Waals surface area contributed by atoms with Gasteiger partial charge in [-0.15, -0.1) is 11.3 Å². The van der Waals surface area contributed by atoms with Crippen LogP contribution in [0.4, 0.5) is 0 Å². The topological polar surface area (TPSA) is 51.0 Å². The van der Waals surface area contributed by atoms with Gasteiger partial charge in [0.05, 0.1) is 15.3 Å². The monoisotopic (exact) mass is 255 g/mol. The number of nitrogens with zero attached hydrogens (tertiary/aromatic N) is 2. The van der Waals surface area contributed by atoms with E-state index in [1.54, 1.807) is 0 Å². The Morgan fingerprint density at radius 1 is 1.50 bits per heavy atom. The van der Waals surface area contributed by atoms with E-state index in [0.717, 1.165) is 28.0 Å². The zero-order chi connectivity index (χ0) is 11.0. The number of thiophene rings is 1. The van der Waals surface area contributed by atoms with Crippen molar-refractivity contribution in [2.75, 3.05) is 6.54 Å². The van der Waals surface area contributed by atoms with E-state index in [4.69, 9.17) is 16.1 Å². The SMILES string of the molecule is Clc1ccc(-c2nc(C3CCCN3)no2)s1. The van der Waals surface area contributed by atoms with Gasteiger partial charge in [0.25, 0.3) is 5.89 Å². The van der Waals surface area contributed by atoms with Gasteiger partial charge in [0.2, 0.25) is 0 Å². The van der Waals surface area contributed by atoms with Gasteiger partial charge in [0, 0.05) is 0 Å². The average molecular weight is 256 g/mol. The molecule has 84 valence electrons. The molecule has 3 rings (SSSR count). The van der Waals surface area contributed by atoms with Crippen LogP contribution in [0, 0.1) is 0 Å². The summed E-state index contributed by atoms with van der Waals surface area (Å²) in [5.41, 5.74) is 0. The molecule has 2 aromatic heterocycles. The summed E-state index contributed by atoms with van der Waals surface area (Å²) in [5, 5.41) is 7.33. The first-order valence-electron chi connectivity index (χ1n) is 5.15. The third-order valence-electron chi connectivity index (χ3n) is 2.60. The Labute approximate surface area is 102 Å². The molecular formula is C10H10ClN3OS. The normalized spacial score (nSPS) is 20.4. The highest BCUT2D eigenvalue weighted by Gasteiger charge is 2.22. The second-order valence-corrected chi connectivity index (χ2v) is 5.43. The summed E-state index contributed by atoms with van der Waals surface area (Å²) in [6.45, 7) is 1.03. The molecule has 1 aliphatic heterocycles. The van der Waals surface area contributed by atoms with Crippen LogP contribution in [0.1, 0.15) is 24.7 Å². The number of aromatic nitrogens is 2. The Hall–Kier alpha value is -0.910. The highest BCUT2D eigenvalue weighted by Crippen LogP contribution is 2.31. The molecule has 0 spiro atoms. The van der Waals surface area contributed by atoms with Crippen LogP contribution in [0.15, 0.2) is 16.7 Å². The van der Waals surface area contributed by atoms with Gasteiger partial charge in [-0.25, -0.2) is 0 Å². The summed E-state index contributed by atoms with van der Waals surface area (Å²) in [5.74, 6) is 1.30. The van der Waals surface area contributed by atoms with E-state index in [-0.39, 0.29) is 6.04 Å². The highest BCUT2D eigenvalue weighted by molar-refractivity contribution is 7.19. The fourth-order valence-corrected chi connectivity index (χ4v) is 2.78. The number of hydrogen-bond donors (Lipinski definition) is 1. The molecule has 1 fully saturated rings. The van der Waals surface area contributed by atoms with Gasteiger partial charge in [-0.1, -0.05) is 16.8 Å². The van der Waals surface area contributed by atoms with Gasteiger partial charge >= 0.3 is 0 Å². The fourth-order valence-electron chi connectivity index (χ4n) is 1.81. The number of halogens is 1. The van der Waals surface area contributed by atoms with Gasteiger partial charge in [-0.2, -0.15) is 4.98 Å². The maximum Gasteiger partial charge on any atom is 0.268 e. The molecule has 0 aromatic carbocycles. The van der Waals surface area contributed by atoms with Gasteiger partial charge < -0.3 is 9.84 Å². The molecule has 6 heteroatoms. The molecule has 1 unspecified atom stereocenters. The lowest BCUT2D eigenvalue weighted by Gasteiger charge is -2.01. The summed E-state index contributed by atoms with van der Waals surface area (Å²) in [6, 6.07) is 3.97. The molecule has 4 nitrogen and oxygen atoms in total. The molecule has 1 aliphatic rings. The first-order valence-corrected chi connectivity index (χ1v) is 6.35. The first-order chi connectivity index (χ1) is 7.83. The Morgan fingerprint density at radius 3 is 3.12 bits per heavy atom. The average Bonchev–Trinajstić information content (AvgIpc) is 2.97. The minimum absolute atomic E-state index is 0.243. The summed E-state index contributed by atoms with van der Waals surface area (Å²) >= 11 is 7.31. The molecule has 1 saturated heterocycles. The number of hydrogen-bond acceptors (Lipinski definition) is 5. The summed E-state index contributed by atoms with van der Waals surface area (Å²) < 4.78 is 5.96. The Balaban J connectivity index is 1.87. The van der Waals surface area contributed by atoms with Crippen molar-refractivity contribution in [2.24, 2.45) is 0 Å². The van der Waals surface area contributed by atoms with E-state index >= 15 is 0 Å². The Kier molecular flexibility index (Phi) is 2.67. The fraction of sp³-hybridized carbons (Fsp3) is 0.400. The van der Waals surface area contributed by atoms with Gasteiger partial charge in [0.15, 0.2) is 5.82 Å². The van der Waals surface area contributed by atoms with Crippen molar-refractivity contribution in [1.29, 1.82) is 0 Å². The Morgan fingerprint density at radius 2 is 2.44 bits per heavy atom. The largest absolute Gasteiger partial charge is 0.333 e. The van der Waals surface area contributed by atoms with Crippen LogP contribution in [0.5, 0.6) is 0 Å². The van der Waals surface area contributed by atoms with E-state index in [1.165, 1.54) is 17.8 Å². The predicted octanol–water partition coefficient (Wildman–Crippen LogP) is 2.88. The van der Waals surface area contributed by atoms with Crippen LogP contribution in [0.25, 0.3) is 10.8 Å². The van der Waals surface area contributed by atoms with Crippen molar-refractivity contribution < 1.29 is 4.52 Å². The van der Waals surface area contributed by atoms with Crippen molar-refractivity contribution in [3.05, 3.63) is 22.3 Å². The number of rotatable bonds is 2. The second-order valence-electron chi connectivity index (χ2n) is 3.71. The van der Waals surface area contributed by atoms with Crippen LogP contribution in [0.3, 0.4) is 0 Å². The van der Waals surface area contributed by atoms with E-state index in [2.05, 4.69) is 15.5 Å². The molecule has 0 radical (unpaired) electrons. The maximum atomic E-state index is 5.86. The van der Waals surface area contributed by atoms with Crippen molar-refractivity contribution in [2.45, 2.75) is 18.9 Å². The lowest BCUT2D eigenvalue weighted by Crippen LogP contribution is -2.14. The summed E-state index contributed by atoms with van der Waals surface area (Å²) in [7, 11) is 0. The smallest absolute Gasteiger partial charge is 0.268 e. The zero-order valence-electron chi connectivity index (χ0n) is 8.44. The molecule has 16 heavy (non-hydrogen) atoms. The van der Waals surface area contributed by atoms with E-state index in [0.29, 0.717) is 5.89 Å². The molecule has 1 N–H and O–H groups in total. The number of nitrogens with one attached hydrogen (secondary N) is 1. The lowest BCUT2D eigenvalue weighted by molar-refractivity contribution is 0.413. The summed E-state index contributed by atoms with van der Waals surface area (Å²) in [6.07, 6.45) is 2.24. The minimum Gasteiger partial charge on any atom is -0.333 e. The molecule has 0 aliphatic carbocycles. The van der Waals surface area contributed by atoms with E-state index in [1.807, 2.05) is 12.1 Å². The van der Waals surface area contributed by atoms with Crippen LogP contribution in [0.2, 0.25) is 4.34 Å². The Bertz CT molecular complexity index is 490. The van der Waals surface area contributed by atoms with Crippen LogP contribution in [-0.4, -0.2) is 16.7 Å². The van der Waals surface area contributed by atoms with Crippen LogP contribution >= 0.6 is 22.9 Å². The van der Waals surface area contributed by atoms with Gasteiger partial charge in [-0.3, -0.25) is 0 Å². The predicted molar refractivity (Wildman–Crippen MR) is 62.6 cm³/mol. The third-order valence-corrected chi connectivity index (χ3v) is 3.82. The van der Waals surface area contributed by atoms with Crippen LogP contribution < -0.4 is 5.32 Å². The molecular weight excluding hydrogens is 246 g/mol. The molecule has 2 aromatic rings. The quantitative estimate of drug-likeness (QED) is 0.897. The standard InChI is InChI=1S/C10H10ClN3OS/c11-8-4-3-7(16-8)10-13-9(14-15-10)6-2-1-5-12-6/h3-4,6,12H,1-2,5H2. The molecule has 0 bridgehead atoms. The molecule has 0 saturated carbocycles. The second kappa shape index (κ2) is 4.16. The first kappa shape index (κ1) is 10.3. The lowest BCUT2D eigenvalue weighted by atomic mass is 10.2. The van der Waals surface area contributed by atoms with Crippen molar-refractivity contribution in [3.8, 4) is 10.8 Å². The van der Waals surface area contributed by atoms with Crippen molar-refractivity contribution in [3.63, 3.8) is 0 Å². The summed E-state index contributed by atoms with van der Waals surface area (Å²) in [4.78, 5) is 5.31. The zero-order valence-corrected chi connectivity index (χ0v) is 10.0. The van der Waals surface area contributed by atoms with Crippen molar-refractivity contribution >= 4 is 22.9 Å². The van der Waals surface area contributed by atoms with Crippen LogP contribution in [-0.2, 0) is 0 Å². The maximum absolute atomic E-state index is 5.86. The molecule has 1 atom stereocenters. The van der Waals surface area contributed by atoms with E-state index < -0.39 is 0 Å². The molecule has 3 heterocycles. The van der Waals surface area contributed by atoms with Gasteiger partial charge in [0.1, 0.15) is 0 Å². The highest BCUT2D eigenvalue weighted by atomic mass is 35.5. The van der Waals surface area contributed by atoms with E-state index in [9.17, 15) is 0 Å².